The minimum atomic E-state index is -0.282. The van der Waals surface area contributed by atoms with Gasteiger partial charge in [-0.25, -0.2) is 9.67 Å². The summed E-state index contributed by atoms with van der Waals surface area (Å²) >= 11 is 6.82. The van der Waals surface area contributed by atoms with E-state index in [1.165, 1.54) is 6.42 Å². The van der Waals surface area contributed by atoms with Gasteiger partial charge < -0.3 is 5.32 Å². The zero-order valence-electron chi connectivity index (χ0n) is 14.3. The van der Waals surface area contributed by atoms with E-state index in [2.05, 4.69) is 47.3 Å². The van der Waals surface area contributed by atoms with Gasteiger partial charge in [-0.2, -0.15) is 0 Å². The van der Waals surface area contributed by atoms with E-state index >= 15 is 0 Å². The number of rotatable bonds is 3. The van der Waals surface area contributed by atoms with Crippen LogP contribution in [-0.4, -0.2) is 20.7 Å². The Morgan fingerprint density at radius 3 is 2.42 bits per heavy atom. The predicted molar refractivity (Wildman–Crippen MR) is 106 cm³/mol. The second-order valence-electron chi connectivity index (χ2n) is 8.38. The predicted octanol–water partition coefficient (Wildman–Crippen LogP) is 4.74. The maximum absolute atomic E-state index is 13.4. The SMILES string of the molecule is O=C(Nc1ccc(Br)cc1)C12C[C@H]3C[C@H](C1)CC(n1cnc(Br)n1)(C3)C2. The van der Waals surface area contributed by atoms with Crippen LogP contribution in [-0.2, 0) is 10.3 Å². The molecule has 4 fully saturated rings. The van der Waals surface area contributed by atoms with Crippen molar-refractivity contribution in [3.05, 3.63) is 39.8 Å². The quantitative estimate of drug-likeness (QED) is 0.691. The first-order valence-corrected chi connectivity index (χ1v) is 10.7. The molecule has 4 saturated carbocycles. The van der Waals surface area contributed by atoms with Gasteiger partial charge in [0.25, 0.3) is 0 Å². The second kappa shape index (κ2) is 5.89. The van der Waals surface area contributed by atoms with Crippen molar-refractivity contribution in [3.63, 3.8) is 0 Å². The smallest absolute Gasteiger partial charge is 0.230 e. The van der Waals surface area contributed by atoms with E-state index in [0.29, 0.717) is 16.6 Å². The normalized spacial score (nSPS) is 34.8. The van der Waals surface area contributed by atoms with Gasteiger partial charge in [0.05, 0.1) is 11.0 Å². The molecule has 7 heteroatoms. The van der Waals surface area contributed by atoms with E-state index < -0.39 is 0 Å². The molecule has 4 aliphatic carbocycles. The molecule has 0 aliphatic heterocycles. The molecule has 1 aromatic carbocycles. The minimum absolute atomic E-state index is 0.0554. The lowest BCUT2D eigenvalue weighted by Crippen LogP contribution is -2.60. The molecule has 0 spiro atoms. The average Bonchev–Trinajstić information content (AvgIpc) is 3.03. The summed E-state index contributed by atoms with van der Waals surface area (Å²) in [5.74, 6) is 1.39. The zero-order chi connectivity index (χ0) is 17.9. The third kappa shape index (κ3) is 2.66. The highest BCUT2D eigenvalue weighted by molar-refractivity contribution is 9.10. The third-order valence-electron chi connectivity index (χ3n) is 6.56. The Balaban J connectivity index is 1.46. The first kappa shape index (κ1) is 16.9. The fraction of sp³-hybridized carbons (Fsp3) is 0.526. The van der Waals surface area contributed by atoms with Crippen molar-refractivity contribution in [2.45, 2.75) is 44.1 Å². The molecular formula is C19H20Br2N4O. The fourth-order valence-corrected chi connectivity index (χ4v) is 6.54. The highest BCUT2D eigenvalue weighted by Gasteiger charge is 2.61. The molecule has 136 valence electrons. The van der Waals surface area contributed by atoms with Crippen LogP contribution in [0.15, 0.2) is 39.8 Å². The van der Waals surface area contributed by atoms with Crippen LogP contribution in [0.4, 0.5) is 5.69 Å². The van der Waals surface area contributed by atoms with E-state index in [0.717, 1.165) is 42.3 Å². The summed E-state index contributed by atoms with van der Waals surface area (Å²) in [7, 11) is 0. The van der Waals surface area contributed by atoms with E-state index in [9.17, 15) is 4.79 Å². The van der Waals surface area contributed by atoms with Crippen LogP contribution in [0.3, 0.4) is 0 Å². The lowest BCUT2D eigenvalue weighted by atomic mass is 9.46. The Hall–Kier alpha value is -1.21. The Morgan fingerprint density at radius 2 is 1.81 bits per heavy atom. The Bertz CT molecular complexity index is 849. The van der Waals surface area contributed by atoms with E-state index in [1.807, 2.05) is 35.3 Å². The average molecular weight is 480 g/mol. The Labute approximate surface area is 169 Å². The fourth-order valence-electron chi connectivity index (χ4n) is 6.02. The van der Waals surface area contributed by atoms with Gasteiger partial charge in [0.15, 0.2) is 0 Å². The number of nitrogens with one attached hydrogen (secondary N) is 1. The van der Waals surface area contributed by atoms with Gasteiger partial charge in [0, 0.05) is 10.2 Å². The van der Waals surface area contributed by atoms with Crippen molar-refractivity contribution in [1.29, 1.82) is 0 Å². The van der Waals surface area contributed by atoms with Crippen molar-refractivity contribution < 1.29 is 4.79 Å². The van der Waals surface area contributed by atoms with E-state index in [-0.39, 0.29) is 16.9 Å². The minimum Gasteiger partial charge on any atom is -0.326 e. The number of hydrogen-bond acceptors (Lipinski definition) is 3. The molecule has 0 radical (unpaired) electrons. The lowest BCUT2D eigenvalue weighted by Gasteiger charge is -2.60. The largest absolute Gasteiger partial charge is 0.326 e. The molecule has 4 bridgehead atoms. The molecule has 1 N–H and O–H groups in total. The second-order valence-corrected chi connectivity index (χ2v) is 10.0. The number of hydrogen-bond donors (Lipinski definition) is 1. The number of anilines is 1. The molecule has 0 unspecified atom stereocenters. The summed E-state index contributed by atoms with van der Waals surface area (Å²) in [4.78, 5) is 17.6. The van der Waals surface area contributed by atoms with Gasteiger partial charge in [0.1, 0.15) is 6.33 Å². The maximum Gasteiger partial charge on any atom is 0.230 e. The van der Waals surface area contributed by atoms with Crippen molar-refractivity contribution >= 4 is 43.5 Å². The first-order valence-electron chi connectivity index (χ1n) is 9.11. The molecule has 2 atom stereocenters. The molecule has 1 amide bonds. The number of amides is 1. The van der Waals surface area contributed by atoms with Crippen molar-refractivity contribution in [2.24, 2.45) is 17.3 Å². The summed E-state index contributed by atoms with van der Waals surface area (Å²) in [6.07, 6.45) is 8.19. The molecule has 2 aromatic rings. The van der Waals surface area contributed by atoms with E-state index in [4.69, 9.17) is 0 Å². The van der Waals surface area contributed by atoms with Gasteiger partial charge in [-0.1, -0.05) is 15.9 Å². The number of halogens is 2. The highest BCUT2D eigenvalue weighted by atomic mass is 79.9. The number of aromatic nitrogens is 3. The highest BCUT2D eigenvalue weighted by Crippen LogP contribution is 2.64. The molecule has 4 aliphatic rings. The molecule has 6 rings (SSSR count). The number of carbonyl (C=O) groups excluding carboxylic acids is 1. The van der Waals surface area contributed by atoms with Crippen LogP contribution in [0, 0.1) is 17.3 Å². The van der Waals surface area contributed by atoms with Gasteiger partial charge in [-0.3, -0.25) is 4.79 Å². The van der Waals surface area contributed by atoms with Crippen LogP contribution in [0.1, 0.15) is 38.5 Å². The molecular weight excluding hydrogens is 460 g/mol. The van der Waals surface area contributed by atoms with Crippen LogP contribution in [0.25, 0.3) is 0 Å². The molecule has 26 heavy (non-hydrogen) atoms. The number of carbonyl (C=O) groups is 1. The van der Waals surface area contributed by atoms with Crippen molar-refractivity contribution in [1.82, 2.24) is 14.8 Å². The summed E-state index contributed by atoms with van der Waals surface area (Å²) < 4.78 is 3.68. The number of nitrogens with zero attached hydrogens (tertiary/aromatic N) is 3. The summed E-state index contributed by atoms with van der Waals surface area (Å²) in [5, 5.41) is 7.76. The zero-order valence-corrected chi connectivity index (χ0v) is 17.5. The van der Waals surface area contributed by atoms with Crippen LogP contribution >= 0.6 is 31.9 Å². The molecule has 1 heterocycles. The summed E-state index contributed by atoms with van der Waals surface area (Å²) in [6.45, 7) is 0. The van der Waals surface area contributed by atoms with Gasteiger partial charge in [0.2, 0.25) is 10.6 Å². The van der Waals surface area contributed by atoms with Gasteiger partial charge in [-0.15, -0.1) is 5.10 Å². The van der Waals surface area contributed by atoms with Crippen molar-refractivity contribution in [3.8, 4) is 0 Å². The first-order chi connectivity index (χ1) is 12.5. The summed E-state index contributed by atoms with van der Waals surface area (Å²) in [5.41, 5.74) is 0.530. The maximum atomic E-state index is 13.4. The Kier molecular flexibility index (Phi) is 3.84. The molecule has 0 saturated heterocycles. The third-order valence-corrected chi connectivity index (χ3v) is 7.46. The van der Waals surface area contributed by atoms with Gasteiger partial charge in [-0.05, 0) is 90.6 Å². The standard InChI is InChI=1S/C19H20Br2N4O/c20-14-1-3-15(4-2-14)23-16(26)18-6-12-5-13(7-18)9-19(8-12,10-18)25-11-22-17(21)24-25/h1-4,11-13H,5-10H2,(H,23,26)/t12-,13-,18?,19?/m1/s1. The topological polar surface area (TPSA) is 59.8 Å². The van der Waals surface area contributed by atoms with Crippen LogP contribution < -0.4 is 5.32 Å². The number of benzene rings is 1. The van der Waals surface area contributed by atoms with Crippen LogP contribution in [0.5, 0.6) is 0 Å². The monoisotopic (exact) mass is 478 g/mol. The van der Waals surface area contributed by atoms with Crippen molar-refractivity contribution in [2.75, 3.05) is 5.32 Å². The lowest BCUT2D eigenvalue weighted by molar-refractivity contribution is -0.150. The van der Waals surface area contributed by atoms with Gasteiger partial charge >= 0.3 is 0 Å². The Morgan fingerprint density at radius 1 is 1.12 bits per heavy atom. The summed E-state index contributed by atoms with van der Waals surface area (Å²) in [6, 6.07) is 7.83. The molecule has 1 aromatic heterocycles. The van der Waals surface area contributed by atoms with E-state index in [1.54, 1.807) is 0 Å². The van der Waals surface area contributed by atoms with Crippen LogP contribution in [0.2, 0.25) is 0 Å². The molecule has 5 nitrogen and oxygen atoms in total.